The third-order valence-electron chi connectivity index (χ3n) is 3.13. The van der Waals surface area contributed by atoms with E-state index in [1.807, 2.05) is 24.3 Å². The molecule has 3 nitrogen and oxygen atoms in total. The minimum absolute atomic E-state index is 0. The van der Waals surface area contributed by atoms with E-state index in [0.717, 1.165) is 25.1 Å². The molecular formula is C13H18Cl2N2O. The van der Waals surface area contributed by atoms with Crippen molar-refractivity contribution >= 4 is 29.9 Å². The number of hydrogen-bond donors (Lipinski definition) is 2. The molecule has 0 aliphatic carbocycles. The van der Waals surface area contributed by atoms with E-state index in [0.29, 0.717) is 5.02 Å². The number of halogens is 2. The second-order valence-corrected chi connectivity index (χ2v) is 4.82. The van der Waals surface area contributed by atoms with Gasteiger partial charge >= 0.3 is 0 Å². The first-order valence-electron chi connectivity index (χ1n) is 5.97. The number of carbonyl (C=O) groups is 1. The highest BCUT2D eigenvalue weighted by Crippen LogP contribution is 2.21. The molecule has 1 unspecified atom stereocenters. The summed E-state index contributed by atoms with van der Waals surface area (Å²) in [6.45, 7) is 3.64. The Morgan fingerprint density at radius 1 is 1.56 bits per heavy atom. The molecular weight excluding hydrogens is 271 g/mol. The maximum absolute atomic E-state index is 11.9. The minimum atomic E-state index is 0. The summed E-state index contributed by atoms with van der Waals surface area (Å²) in [5, 5.41) is 6.88. The Balaban J connectivity index is 0.00000162. The molecule has 2 N–H and O–H groups in total. The van der Waals surface area contributed by atoms with E-state index in [4.69, 9.17) is 11.6 Å². The van der Waals surface area contributed by atoms with Gasteiger partial charge in [0.1, 0.15) is 0 Å². The van der Waals surface area contributed by atoms with Crippen LogP contribution in [0.4, 0.5) is 0 Å². The maximum Gasteiger partial charge on any atom is 0.226 e. The molecule has 1 amide bonds. The van der Waals surface area contributed by atoms with Crippen molar-refractivity contribution in [2.75, 3.05) is 13.1 Å². The van der Waals surface area contributed by atoms with E-state index < -0.39 is 0 Å². The average molecular weight is 289 g/mol. The van der Waals surface area contributed by atoms with Crippen molar-refractivity contribution in [2.45, 2.75) is 19.4 Å². The lowest BCUT2D eigenvalue weighted by Gasteiger charge is -2.28. The van der Waals surface area contributed by atoms with Gasteiger partial charge in [0.2, 0.25) is 5.91 Å². The van der Waals surface area contributed by atoms with Crippen LogP contribution in [-0.4, -0.2) is 19.0 Å². The van der Waals surface area contributed by atoms with E-state index in [-0.39, 0.29) is 30.3 Å². The Bertz CT molecular complexity index is 408. The van der Waals surface area contributed by atoms with Crippen LogP contribution in [0.1, 0.15) is 24.9 Å². The molecule has 1 heterocycles. The number of carbonyl (C=O) groups excluding carboxylic acids is 1. The Labute approximate surface area is 119 Å². The summed E-state index contributed by atoms with van der Waals surface area (Å²) < 4.78 is 0. The molecule has 1 aliphatic heterocycles. The van der Waals surface area contributed by atoms with Gasteiger partial charge < -0.3 is 10.6 Å². The fourth-order valence-corrected chi connectivity index (χ4v) is 2.11. The standard InChI is InChI=1S/C13H17ClN2O.ClH/c1-2-12(9-4-3-5-11(14)6-9)16-13(17)10-7-15-8-10;/h3-6,10,12,15H,2,7-8H2,1H3,(H,16,17);1H. The SMILES string of the molecule is CCC(NC(=O)C1CNC1)c1cccc(Cl)c1.Cl. The van der Waals surface area contributed by atoms with Gasteiger partial charge in [-0.3, -0.25) is 4.79 Å². The summed E-state index contributed by atoms with van der Waals surface area (Å²) in [5.74, 6) is 0.263. The van der Waals surface area contributed by atoms with Crippen molar-refractivity contribution in [3.05, 3.63) is 34.9 Å². The number of amides is 1. The van der Waals surface area contributed by atoms with Crippen LogP contribution in [0, 0.1) is 5.92 Å². The van der Waals surface area contributed by atoms with Crippen LogP contribution in [0.15, 0.2) is 24.3 Å². The predicted octanol–water partition coefficient (Wildman–Crippen LogP) is 2.55. The van der Waals surface area contributed by atoms with Crippen LogP contribution < -0.4 is 10.6 Å². The van der Waals surface area contributed by atoms with E-state index in [1.54, 1.807) is 0 Å². The van der Waals surface area contributed by atoms with E-state index in [9.17, 15) is 4.79 Å². The van der Waals surface area contributed by atoms with Crippen LogP contribution in [-0.2, 0) is 4.79 Å². The quantitative estimate of drug-likeness (QED) is 0.894. The second kappa shape index (κ2) is 6.98. The fourth-order valence-electron chi connectivity index (χ4n) is 1.91. The van der Waals surface area contributed by atoms with Crippen molar-refractivity contribution in [1.29, 1.82) is 0 Å². The third kappa shape index (κ3) is 3.61. The normalized spacial score (nSPS) is 16.3. The average Bonchev–Trinajstić information content (AvgIpc) is 2.23. The zero-order valence-electron chi connectivity index (χ0n) is 10.3. The molecule has 1 fully saturated rings. The lowest BCUT2D eigenvalue weighted by molar-refractivity contribution is -0.127. The number of hydrogen-bond acceptors (Lipinski definition) is 2. The van der Waals surface area contributed by atoms with Gasteiger partial charge in [-0.1, -0.05) is 30.7 Å². The van der Waals surface area contributed by atoms with Gasteiger partial charge in [0.25, 0.3) is 0 Å². The fraction of sp³-hybridized carbons (Fsp3) is 0.462. The molecule has 100 valence electrons. The second-order valence-electron chi connectivity index (χ2n) is 4.38. The van der Waals surface area contributed by atoms with Crippen LogP contribution in [0.25, 0.3) is 0 Å². The highest BCUT2D eigenvalue weighted by molar-refractivity contribution is 6.30. The Morgan fingerprint density at radius 2 is 2.28 bits per heavy atom. The Kier molecular flexibility index (Phi) is 5.93. The molecule has 1 saturated heterocycles. The summed E-state index contributed by atoms with van der Waals surface area (Å²) in [6.07, 6.45) is 0.867. The molecule has 0 bridgehead atoms. The molecule has 1 aliphatic rings. The predicted molar refractivity (Wildman–Crippen MR) is 76.2 cm³/mol. The molecule has 0 aromatic heterocycles. The monoisotopic (exact) mass is 288 g/mol. The number of rotatable bonds is 4. The van der Waals surface area contributed by atoms with Gasteiger partial charge in [-0.2, -0.15) is 0 Å². The van der Waals surface area contributed by atoms with Crippen LogP contribution in [0.5, 0.6) is 0 Å². The molecule has 5 heteroatoms. The molecule has 0 radical (unpaired) electrons. The van der Waals surface area contributed by atoms with E-state index >= 15 is 0 Å². The van der Waals surface area contributed by atoms with Gasteiger partial charge in [-0.15, -0.1) is 12.4 Å². The lowest BCUT2D eigenvalue weighted by Crippen LogP contribution is -2.51. The summed E-state index contributed by atoms with van der Waals surface area (Å²) in [6, 6.07) is 7.73. The van der Waals surface area contributed by atoms with Crippen LogP contribution >= 0.6 is 24.0 Å². The smallest absolute Gasteiger partial charge is 0.226 e. The molecule has 1 atom stereocenters. The van der Waals surface area contributed by atoms with Crippen molar-refractivity contribution in [1.82, 2.24) is 10.6 Å². The van der Waals surface area contributed by atoms with Crippen LogP contribution in [0.3, 0.4) is 0 Å². The summed E-state index contributed by atoms with van der Waals surface area (Å²) in [7, 11) is 0. The van der Waals surface area contributed by atoms with Gasteiger partial charge in [0.15, 0.2) is 0 Å². The zero-order chi connectivity index (χ0) is 12.3. The zero-order valence-corrected chi connectivity index (χ0v) is 11.9. The van der Waals surface area contributed by atoms with Crippen molar-refractivity contribution in [2.24, 2.45) is 5.92 Å². The summed E-state index contributed by atoms with van der Waals surface area (Å²) >= 11 is 5.96. The van der Waals surface area contributed by atoms with E-state index in [2.05, 4.69) is 17.6 Å². The molecule has 18 heavy (non-hydrogen) atoms. The number of nitrogens with one attached hydrogen (secondary N) is 2. The number of benzene rings is 1. The topological polar surface area (TPSA) is 41.1 Å². The minimum Gasteiger partial charge on any atom is -0.349 e. The molecule has 1 aromatic rings. The van der Waals surface area contributed by atoms with Gasteiger partial charge in [-0.05, 0) is 24.1 Å². The van der Waals surface area contributed by atoms with Gasteiger partial charge in [0, 0.05) is 18.1 Å². The highest BCUT2D eigenvalue weighted by atomic mass is 35.5. The van der Waals surface area contributed by atoms with Gasteiger partial charge in [0.05, 0.1) is 12.0 Å². The van der Waals surface area contributed by atoms with Crippen molar-refractivity contribution < 1.29 is 4.79 Å². The Hall–Kier alpha value is -0.770. The molecule has 2 rings (SSSR count). The first kappa shape index (κ1) is 15.3. The lowest BCUT2D eigenvalue weighted by atomic mass is 9.99. The van der Waals surface area contributed by atoms with Crippen molar-refractivity contribution in [3.8, 4) is 0 Å². The first-order chi connectivity index (χ1) is 8.20. The molecule has 1 aromatic carbocycles. The maximum atomic E-state index is 11.9. The molecule has 0 spiro atoms. The van der Waals surface area contributed by atoms with E-state index in [1.165, 1.54) is 0 Å². The van der Waals surface area contributed by atoms with Gasteiger partial charge in [-0.25, -0.2) is 0 Å². The third-order valence-corrected chi connectivity index (χ3v) is 3.36. The summed E-state index contributed by atoms with van der Waals surface area (Å²) in [5.41, 5.74) is 1.07. The molecule has 0 saturated carbocycles. The largest absolute Gasteiger partial charge is 0.349 e. The first-order valence-corrected chi connectivity index (χ1v) is 6.35. The Morgan fingerprint density at radius 3 is 2.78 bits per heavy atom. The highest BCUT2D eigenvalue weighted by Gasteiger charge is 2.26. The summed E-state index contributed by atoms with van der Waals surface area (Å²) in [4.78, 5) is 11.9. The van der Waals surface area contributed by atoms with Crippen LogP contribution in [0.2, 0.25) is 5.02 Å². The van der Waals surface area contributed by atoms with Crippen molar-refractivity contribution in [3.63, 3.8) is 0 Å².